The number of carboxylic acid groups (broad SMARTS) is 2. The summed E-state index contributed by atoms with van der Waals surface area (Å²) in [4.78, 5) is 78.9. The molecule has 6 rings (SSSR count). The third-order valence-electron chi connectivity index (χ3n) is 9.54. The third kappa shape index (κ3) is 14.4. The average molecular weight is 899 g/mol. The molecule has 2 amide bonds. The van der Waals surface area contributed by atoms with Crippen LogP contribution >= 0.6 is 47.0 Å². The van der Waals surface area contributed by atoms with Crippen molar-refractivity contribution in [2.45, 2.75) is 59.1 Å². The van der Waals surface area contributed by atoms with Crippen LogP contribution in [0.15, 0.2) is 131 Å². The summed E-state index contributed by atoms with van der Waals surface area (Å²) < 4.78 is 0. The second kappa shape index (κ2) is 24.3. The molecule has 2 saturated heterocycles. The van der Waals surface area contributed by atoms with Gasteiger partial charge in [0.15, 0.2) is 0 Å². The normalized spacial score (nSPS) is 19.4. The van der Waals surface area contributed by atoms with E-state index in [1.54, 1.807) is 85.9 Å². The molecule has 6 atom stereocenters. The zero-order valence-electron chi connectivity index (χ0n) is 32.8. The van der Waals surface area contributed by atoms with Crippen LogP contribution in [0.1, 0.15) is 47.4 Å². The van der Waals surface area contributed by atoms with E-state index in [1.807, 2.05) is 72.8 Å². The number of nitrogens with zero attached hydrogens (tertiary/aromatic N) is 2. The van der Waals surface area contributed by atoms with E-state index in [0.717, 1.165) is 33.3 Å². The number of hydrogen-bond acceptors (Lipinski definition) is 10. The quantitative estimate of drug-likeness (QED) is 0.120. The zero-order valence-corrected chi connectivity index (χ0v) is 38.3. The van der Waals surface area contributed by atoms with E-state index in [9.17, 15) is 39.0 Å². The number of likely N-dealkylation sites (tertiary alicyclic amines) is 2. The van der Waals surface area contributed by atoms with E-state index in [0.29, 0.717) is 48.6 Å². The maximum Gasteiger partial charge on any atom is 0.326 e. The first-order valence-electron chi connectivity index (χ1n) is 18.9. The summed E-state index contributed by atoms with van der Waals surface area (Å²) >= 11 is 5.41. The van der Waals surface area contributed by atoms with Gasteiger partial charge in [0.1, 0.15) is 12.1 Å². The number of carbonyl (C=O) groups is 6. The Labute approximate surface area is 392 Å². The number of carbonyl (C=O) groups excluding carboxylic acids is 4. The summed E-state index contributed by atoms with van der Waals surface area (Å²) in [5, 5.41) is 19.1. The number of carboxylic acids is 2. The summed E-state index contributed by atoms with van der Waals surface area (Å²) in [7, 11) is 0. The predicted octanol–water partition coefficient (Wildman–Crippen LogP) is 7.70. The first-order valence-corrected chi connectivity index (χ1v) is 22.6. The number of thioether (sulfide) groups is 4. The van der Waals surface area contributed by atoms with E-state index >= 15 is 0 Å². The van der Waals surface area contributed by atoms with Crippen molar-refractivity contribution in [2.24, 2.45) is 11.8 Å². The van der Waals surface area contributed by atoms with Crippen molar-refractivity contribution >= 4 is 119 Å². The van der Waals surface area contributed by atoms with Crippen molar-refractivity contribution in [3.8, 4) is 0 Å². The van der Waals surface area contributed by atoms with Gasteiger partial charge in [-0.25, -0.2) is 9.59 Å². The molecule has 2 radical (unpaired) electrons. The van der Waals surface area contributed by atoms with Crippen molar-refractivity contribution in [1.29, 1.82) is 0 Å². The fourth-order valence-corrected chi connectivity index (χ4v) is 10.6. The van der Waals surface area contributed by atoms with Crippen molar-refractivity contribution in [1.82, 2.24) is 9.80 Å². The van der Waals surface area contributed by atoms with E-state index in [2.05, 4.69) is 0 Å². The molecule has 2 aliphatic heterocycles. The van der Waals surface area contributed by atoms with E-state index in [-0.39, 0.29) is 70.3 Å². The molecule has 15 heteroatoms. The SMILES string of the molecule is C[C@H](CSC(=O)c1ccccc1)C(=O)N1C[C@@H](Sc2ccccc2)C[C@H]1C(=O)O.C[C@H](CSC(=O)c1ccccc1)C(=O)N1C[C@@H](Sc2ccccc2)C[C@H]1C(=O)O.[Ca]. The van der Waals surface area contributed by atoms with Crippen LogP contribution < -0.4 is 0 Å². The summed E-state index contributed by atoms with van der Waals surface area (Å²) in [6, 6.07) is 35.8. The van der Waals surface area contributed by atoms with Crippen LogP contribution in [0.3, 0.4) is 0 Å². The molecule has 4 aromatic carbocycles. The maximum atomic E-state index is 12.9. The van der Waals surface area contributed by atoms with Gasteiger partial charge in [0.2, 0.25) is 22.0 Å². The van der Waals surface area contributed by atoms with Crippen molar-refractivity contribution in [3.05, 3.63) is 132 Å². The number of benzene rings is 4. The molecule has 0 spiro atoms. The van der Waals surface area contributed by atoms with Crippen molar-refractivity contribution in [3.63, 3.8) is 0 Å². The molecule has 0 saturated carbocycles. The Balaban J connectivity index is 0.000000256. The molecular weight excluding hydrogens is 853 g/mol. The van der Waals surface area contributed by atoms with Gasteiger partial charge in [-0.3, -0.25) is 19.2 Å². The molecule has 0 aromatic heterocycles. The topological polar surface area (TPSA) is 149 Å². The maximum absolute atomic E-state index is 12.9. The van der Waals surface area contributed by atoms with Gasteiger partial charge in [-0.05, 0) is 37.1 Å². The van der Waals surface area contributed by atoms with Crippen LogP contribution in [-0.4, -0.2) is 139 Å². The van der Waals surface area contributed by atoms with Crippen molar-refractivity contribution < 1.29 is 39.0 Å². The van der Waals surface area contributed by atoms with E-state index in [1.165, 1.54) is 9.80 Å². The zero-order chi connectivity index (χ0) is 41.6. The number of amides is 2. The number of hydrogen-bond donors (Lipinski definition) is 2. The second-order valence-electron chi connectivity index (χ2n) is 14.0. The Morgan fingerprint density at radius 3 is 1.15 bits per heavy atom. The van der Waals surface area contributed by atoms with Gasteiger partial charge in [0, 0.05) is 106 Å². The van der Waals surface area contributed by atoms with Gasteiger partial charge in [0.05, 0.1) is 0 Å². The fraction of sp³-hybridized carbons (Fsp3) is 0.318. The van der Waals surface area contributed by atoms with Crippen LogP contribution in [-0.2, 0) is 19.2 Å². The number of rotatable bonds is 14. The molecule has 2 fully saturated rings. The second-order valence-corrected chi connectivity index (χ2v) is 18.7. The third-order valence-corrected chi connectivity index (χ3v) is 14.3. The Hall–Kier alpha value is -3.24. The predicted molar refractivity (Wildman–Crippen MR) is 238 cm³/mol. The minimum Gasteiger partial charge on any atom is -0.480 e. The van der Waals surface area contributed by atoms with Gasteiger partial charge in [-0.1, -0.05) is 134 Å². The minimum atomic E-state index is -0.977. The van der Waals surface area contributed by atoms with Crippen LogP contribution in [0.4, 0.5) is 0 Å². The fourth-order valence-electron chi connectivity index (χ4n) is 6.53. The van der Waals surface area contributed by atoms with Crippen LogP contribution in [0.2, 0.25) is 0 Å². The van der Waals surface area contributed by atoms with Crippen LogP contribution in [0.25, 0.3) is 0 Å². The van der Waals surface area contributed by atoms with Gasteiger partial charge in [-0.15, -0.1) is 23.5 Å². The monoisotopic (exact) mass is 898 g/mol. The van der Waals surface area contributed by atoms with E-state index in [4.69, 9.17) is 0 Å². The Kier molecular flexibility index (Phi) is 19.9. The molecular formula is C44H46CaN2O8S4. The van der Waals surface area contributed by atoms with Crippen LogP contribution in [0, 0.1) is 11.8 Å². The molecule has 306 valence electrons. The Morgan fingerprint density at radius 2 is 0.847 bits per heavy atom. The largest absolute Gasteiger partial charge is 0.480 e. The molecule has 0 bridgehead atoms. The van der Waals surface area contributed by atoms with Crippen LogP contribution in [0.5, 0.6) is 0 Å². The van der Waals surface area contributed by atoms with Gasteiger partial charge in [0.25, 0.3) is 0 Å². The van der Waals surface area contributed by atoms with Gasteiger partial charge >= 0.3 is 11.9 Å². The summed E-state index contributed by atoms with van der Waals surface area (Å²) in [5.41, 5.74) is 1.20. The molecule has 2 aliphatic rings. The first-order chi connectivity index (χ1) is 27.9. The summed E-state index contributed by atoms with van der Waals surface area (Å²) in [5.74, 6) is -2.59. The first kappa shape index (κ1) is 48.4. The standard InChI is InChI=1S/2C22H23NO4S2.Ca/c2*1-15(14-28-22(27)16-8-4-2-5-9-16)20(24)23-13-18(12-19(23)21(25)26)29-17-10-6-3-7-11-17;/h2*2-11,15,18-19H,12-14H2,1H3,(H,25,26);/t2*15-,18+,19+;/m11./s1. The molecule has 4 aromatic rings. The van der Waals surface area contributed by atoms with Gasteiger partial charge < -0.3 is 20.0 Å². The summed E-state index contributed by atoms with van der Waals surface area (Å²) in [6.45, 7) is 4.31. The molecule has 0 aliphatic carbocycles. The Morgan fingerprint density at radius 1 is 0.542 bits per heavy atom. The minimum absolute atomic E-state index is 0. The van der Waals surface area contributed by atoms with Gasteiger partial charge in [-0.2, -0.15) is 0 Å². The smallest absolute Gasteiger partial charge is 0.326 e. The van der Waals surface area contributed by atoms with Crippen molar-refractivity contribution in [2.75, 3.05) is 24.6 Å². The Bertz CT molecular complexity index is 1870. The molecule has 2 N–H and O–H groups in total. The molecule has 0 unspecified atom stereocenters. The number of aliphatic carboxylic acids is 2. The molecule has 10 nitrogen and oxygen atoms in total. The summed E-state index contributed by atoms with van der Waals surface area (Å²) in [6.07, 6.45) is 0.840. The average Bonchev–Trinajstić information content (AvgIpc) is 3.87. The molecule has 59 heavy (non-hydrogen) atoms. The van der Waals surface area contributed by atoms with E-state index < -0.39 is 35.9 Å². The molecule has 2 heterocycles.